The zero-order valence-corrected chi connectivity index (χ0v) is 12.0. The predicted molar refractivity (Wildman–Crippen MR) is 81.1 cm³/mol. The highest BCUT2D eigenvalue weighted by atomic mass is 32.1. The summed E-state index contributed by atoms with van der Waals surface area (Å²) in [5.74, 6) is 1.97. The number of rotatable bonds is 4. The van der Waals surface area contributed by atoms with Crippen molar-refractivity contribution < 1.29 is 9.15 Å². The van der Waals surface area contributed by atoms with E-state index in [1.165, 1.54) is 4.68 Å². The summed E-state index contributed by atoms with van der Waals surface area (Å²) >= 11 is 5.20. The normalized spacial score (nSPS) is 11.1. The van der Waals surface area contributed by atoms with Gasteiger partial charge in [-0.15, -0.1) is 0 Å². The van der Waals surface area contributed by atoms with E-state index in [0.717, 1.165) is 11.3 Å². The van der Waals surface area contributed by atoms with Crippen molar-refractivity contribution in [2.45, 2.75) is 0 Å². The number of aromatic amines is 1. The van der Waals surface area contributed by atoms with Gasteiger partial charge in [-0.05, 0) is 36.5 Å². The standard InChI is InChI=1S/C14H12N4O2S/c1-19-11-5-2-4-10(8-11)13-16-17-14(21)18(13)15-9-12-6-3-7-20-12/h2-9H,1H3,(H,17,21)/b15-9-. The molecule has 0 amide bonds. The summed E-state index contributed by atoms with van der Waals surface area (Å²) in [6.07, 6.45) is 3.16. The fourth-order valence-electron chi connectivity index (χ4n) is 1.83. The lowest BCUT2D eigenvalue weighted by atomic mass is 10.2. The Morgan fingerprint density at radius 3 is 3.05 bits per heavy atom. The number of hydrogen-bond acceptors (Lipinski definition) is 5. The molecule has 106 valence electrons. The SMILES string of the molecule is COc1cccc(-c2n[nH]c(=S)n2/N=C\c2ccco2)c1. The van der Waals surface area contributed by atoms with E-state index in [4.69, 9.17) is 21.4 Å². The second-order valence-corrected chi connectivity index (χ2v) is 4.54. The number of methoxy groups -OCH3 is 1. The van der Waals surface area contributed by atoms with Crippen LogP contribution in [0.5, 0.6) is 5.75 Å². The number of ether oxygens (including phenoxy) is 1. The highest BCUT2D eigenvalue weighted by Crippen LogP contribution is 2.22. The van der Waals surface area contributed by atoms with E-state index >= 15 is 0 Å². The van der Waals surface area contributed by atoms with Gasteiger partial charge in [-0.3, -0.25) is 0 Å². The number of hydrogen-bond donors (Lipinski definition) is 1. The van der Waals surface area contributed by atoms with Crippen molar-refractivity contribution in [1.82, 2.24) is 14.9 Å². The maximum absolute atomic E-state index is 5.22. The van der Waals surface area contributed by atoms with Gasteiger partial charge in [0.05, 0.1) is 19.6 Å². The molecule has 0 spiro atoms. The molecule has 3 aromatic rings. The second kappa shape index (κ2) is 5.76. The summed E-state index contributed by atoms with van der Waals surface area (Å²) in [6.45, 7) is 0. The molecule has 21 heavy (non-hydrogen) atoms. The van der Waals surface area contributed by atoms with E-state index in [0.29, 0.717) is 16.4 Å². The lowest BCUT2D eigenvalue weighted by molar-refractivity contribution is 0.415. The van der Waals surface area contributed by atoms with Crippen LogP contribution in [-0.2, 0) is 0 Å². The van der Waals surface area contributed by atoms with Crippen LogP contribution in [0.25, 0.3) is 11.4 Å². The van der Waals surface area contributed by atoms with Crippen molar-refractivity contribution in [2.75, 3.05) is 7.11 Å². The molecule has 0 fully saturated rings. The van der Waals surface area contributed by atoms with Gasteiger partial charge < -0.3 is 9.15 Å². The molecule has 2 heterocycles. The Kier molecular flexibility index (Phi) is 3.65. The van der Waals surface area contributed by atoms with Gasteiger partial charge in [0.15, 0.2) is 5.82 Å². The Bertz CT molecular complexity index is 818. The van der Waals surface area contributed by atoms with Crippen LogP contribution in [0.15, 0.2) is 52.2 Å². The van der Waals surface area contributed by atoms with Gasteiger partial charge >= 0.3 is 0 Å². The van der Waals surface area contributed by atoms with Gasteiger partial charge in [-0.25, -0.2) is 5.10 Å². The molecule has 7 heteroatoms. The fourth-order valence-corrected chi connectivity index (χ4v) is 2.01. The Morgan fingerprint density at radius 1 is 1.38 bits per heavy atom. The van der Waals surface area contributed by atoms with Crippen LogP contribution < -0.4 is 4.74 Å². The summed E-state index contributed by atoms with van der Waals surface area (Å²) in [5.41, 5.74) is 0.846. The van der Waals surface area contributed by atoms with E-state index in [9.17, 15) is 0 Å². The number of furan rings is 1. The maximum Gasteiger partial charge on any atom is 0.216 e. The molecular weight excluding hydrogens is 288 g/mol. The average molecular weight is 300 g/mol. The molecule has 0 bridgehead atoms. The highest BCUT2D eigenvalue weighted by molar-refractivity contribution is 7.71. The number of benzene rings is 1. The maximum atomic E-state index is 5.22. The molecular formula is C14H12N4O2S. The smallest absolute Gasteiger partial charge is 0.216 e. The molecule has 0 atom stereocenters. The summed E-state index contributed by atoms with van der Waals surface area (Å²) in [4.78, 5) is 0. The fraction of sp³-hybridized carbons (Fsp3) is 0.0714. The molecule has 0 aliphatic rings. The summed E-state index contributed by atoms with van der Waals surface area (Å²) in [5, 5.41) is 11.2. The largest absolute Gasteiger partial charge is 0.497 e. The molecule has 0 aliphatic carbocycles. The average Bonchev–Trinajstić information content (AvgIpc) is 3.15. The number of aromatic nitrogens is 3. The third kappa shape index (κ3) is 2.77. The van der Waals surface area contributed by atoms with Gasteiger partial charge in [0, 0.05) is 5.56 Å². The van der Waals surface area contributed by atoms with E-state index in [1.807, 2.05) is 24.3 Å². The van der Waals surface area contributed by atoms with Crippen molar-refractivity contribution in [3.63, 3.8) is 0 Å². The summed E-state index contributed by atoms with van der Waals surface area (Å²) < 4.78 is 12.4. The van der Waals surface area contributed by atoms with Crippen LogP contribution in [0, 0.1) is 4.77 Å². The van der Waals surface area contributed by atoms with Crippen LogP contribution in [0.3, 0.4) is 0 Å². The van der Waals surface area contributed by atoms with Gasteiger partial charge in [0.2, 0.25) is 4.77 Å². The van der Waals surface area contributed by atoms with Crippen molar-refractivity contribution in [1.29, 1.82) is 0 Å². The number of nitrogens with zero attached hydrogens (tertiary/aromatic N) is 3. The van der Waals surface area contributed by atoms with Crippen LogP contribution in [0.4, 0.5) is 0 Å². The minimum atomic E-state index is 0.399. The third-order valence-corrected chi connectivity index (χ3v) is 3.09. The van der Waals surface area contributed by atoms with Crippen molar-refractivity contribution in [3.8, 4) is 17.1 Å². The first-order chi connectivity index (χ1) is 10.3. The van der Waals surface area contributed by atoms with Crippen molar-refractivity contribution in [2.24, 2.45) is 5.10 Å². The lowest BCUT2D eigenvalue weighted by Gasteiger charge is -2.03. The Labute approximate surface area is 125 Å². The summed E-state index contributed by atoms with van der Waals surface area (Å²) in [6, 6.07) is 11.1. The quantitative estimate of drug-likeness (QED) is 0.594. The first-order valence-electron chi connectivity index (χ1n) is 6.17. The lowest BCUT2D eigenvalue weighted by Crippen LogP contribution is -1.95. The minimum Gasteiger partial charge on any atom is -0.497 e. The second-order valence-electron chi connectivity index (χ2n) is 4.16. The Hall–Kier alpha value is -2.67. The van der Waals surface area contributed by atoms with Crippen molar-refractivity contribution in [3.05, 3.63) is 53.2 Å². The van der Waals surface area contributed by atoms with Gasteiger partial charge in [0.25, 0.3) is 0 Å². The molecule has 3 rings (SSSR count). The molecule has 0 aliphatic heterocycles. The number of H-pyrrole nitrogens is 1. The number of nitrogens with one attached hydrogen (secondary N) is 1. The van der Waals surface area contributed by atoms with Crippen LogP contribution in [0.2, 0.25) is 0 Å². The Balaban J connectivity index is 2.02. The summed E-state index contributed by atoms with van der Waals surface area (Å²) in [7, 11) is 1.62. The minimum absolute atomic E-state index is 0.399. The first-order valence-corrected chi connectivity index (χ1v) is 6.58. The van der Waals surface area contributed by atoms with Crippen LogP contribution in [0.1, 0.15) is 5.76 Å². The van der Waals surface area contributed by atoms with E-state index in [2.05, 4.69) is 15.3 Å². The topological polar surface area (TPSA) is 68.3 Å². The van der Waals surface area contributed by atoms with E-state index in [-0.39, 0.29) is 0 Å². The van der Waals surface area contributed by atoms with Crippen molar-refractivity contribution >= 4 is 18.4 Å². The molecule has 0 saturated carbocycles. The zero-order chi connectivity index (χ0) is 14.7. The molecule has 6 nitrogen and oxygen atoms in total. The first kappa shape index (κ1) is 13.3. The molecule has 0 unspecified atom stereocenters. The van der Waals surface area contributed by atoms with Gasteiger partial charge in [0.1, 0.15) is 11.5 Å². The zero-order valence-electron chi connectivity index (χ0n) is 11.2. The molecule has 1 aromatic carbocycles. The van der Waals surface area contributed by atoms with Gasteiger partial charge in [-0.1, -0.05) is 12.1 Å². The molecule has 1 N–H and O–H groups in total. The van der Waals surface area contributed by atoms with Gasteiger partial charge in [-0.2, -0.15) is 14.9 Å². The van der Waals surface area contributed by atoms with Crippen LogP contribution >= 0.6 is 12.2 Å². The highest BCUT2D eigenvalue weighted by Gasteiger charge is 2.09. The third-order valence-electron chi connectivity index (χ3n) is 2.82. The van der Waals surface area contributed by atoms with Crippen LogP contribution in [-0.4, -0.2) is 28.2 Å². The predicted octanol–water partition coefficient (Wildman–Crippen LogP) is 3.09. The Morgan fingerprint density at radius 2 is 2.29 bits per heavy atom. The molecule has 0 radical (unpaired) electrons. The molecule has 2 aromatic heterocycles. The van der Waals surface area contributed by atoms with E-state index < -0.39 is 0 Å². The van der Waals surface area contributed by atoms with E-state index in [1.54, 1.807) is 31.7 Å². The molecule has 0 saturated heterocycles. The monoisotopic (exact) mass is 300 g/mol.